The minimum absolute atomic E-state index is 0.0910. The summed E-state index contributed by atoms with van der Waals surface area (Å²) in [5.41, 5.74) is 0. The van der Waals surface area contributed by atoms with E-state index in [1.165, 1.54) is 24.3 Å². The molecule has 0 aliphatic carbocycles. The first-order chi connectivity index (χ1) is 10.6. The third-order valence-corrected chi connectivity index (χ3v) is 4.72. The molecule has 0 atom stereocenters. The zero-order chi connectivity index (χ0) is 16.0. The van der Waals surface area contributed by atoms with E-state index in [0.717, 1.165) is 0 Å². The zero-order valence-electron chi connectivity index (χ0n) is 12.2. The van der Waals surface area contributed by atoms with Gasteiger partial charge in [-0.3, -0.25) is 0 Å². The highest BCUT2D eigenvalue weighted by atomic mass is 32.2. The molecule has 2 aromatic rings. The Kier molecular flexibility index (Phi) is 5.41. The molecule has 0 unspecified atom stereocenters. The predicted molar refractivity (Wildman–Crippen MR) is 82.1 cm³/mol. The monoisotopic (exact) mass is 322 g/mol. The summed E-state index contributed by atoms with van der Waals surface area (Å²) in [5, 5.41) is 8.69. The maximum Gasteiger partial charge on any atom is 0.206 e. The summed E-state index contributed by atoms with van der Waals surface area (Å²) in [6.07, 6.45) is 0. The fourth-order valence-electron chi connectivity index (χ4n) is 1.90. The van der Waals surface area contributed by atoms with Crippen molar-refractivity contribution in [3.8, 4) is 11.5 Å². The molecule has 1 N–H and O–H groups in total. The number of ether oxygens (including phenoxy) is 2. The number of rotatable bonds is 7. The van der Waals surface area contributed by atoms with E-state index >= 15 is 0 Å². The first-order valence-electron chi connectivity index (χ1n) is 6.89. The van der Waals surface area contributed by atoms with E-state index < -0.39 is 9.84 Å². The van der Waals surface area contributed by atoms with Crippen molar-refractivity contribution in [2.45, 2.75) is 16.7 Å². The topological polar surface area (TPSA) is 72.8 Å². The van der Waals surface area contributed by atoms with Crippen LogP contribution in [0.1, 0.15) is 6.92 Å². The number of aliphatic hydroxyl groups is 1. The van der Waals surface area contributed by atoms with Gasteiger partial charge < -0.3 is 14.6 Å². The molecule has 0 saturated carbocycles. The molecule has 0 radical (unpaired) electrons. The van der Waals surface area contributed by atoms with Crippen LogP contribution in [0, 0.1) is 0 Å². The molecule has 0 aromatic heterocycles. The van der Waals surface area contributed by atoms with Gasteiger partial charge >= 0.3 is 0 Å². The molecule has 2 aromatic carbocycles. The fourth-order valence-corrected chi connectivity index (χ4v) is 3.16. The molecule has 0 saturated heterocycles. The fraction of sp³-hybridized carbons (Fsp3) is 0.250. The smallest absolute Gasteiger partial charge is 0.206 e. The Morgan fingerprint density at radius 2 is 1.32 bits per heavy atom. The van der Waals surface area contributed by atoms with Crippen LogP contribution >= 0.6 is 0 Å². The second-order valence-electron chi connectivity index (χ2n) is 4.45. The maximum atomic E-state index is 12.5. The van der Waals surface area contributed by atoms with Crippen LogP contribution in [0.15, 0.2) is 58.3 Å². The van der Waals surface area contributed by atoms with Crippen LogP contribution in [0.4, 0.5) is 0 Å². The van der Waals surface area contributed by atoms with Crippen molar-refractivity contribution < 1.29 is 23.0 Å². The lowest BCUT2D eigenvalue weighted by Gasteiger charge is -2.08. The molecular weight excluding hydrogens is 304 g/mol. The highest BCUT2D eigenvalue weighted by Gasteiger charge is 2.17. The van der Waals surface area contributed by atoms with E-state index in [9.17, 15) is 8.42 Å². The van der Waals surface area contributed by atoms with Gasteiger partial charge in [0.15, 0.2) is 0 Å². The summed E-state index contributed by atoms with van der Waals surface area (Å²) in [6.45, 7) is 2.48. The van der Waals surface area contributed by atoms with Crippen molar-refractivity contribution in [3.63, 3.8) is 0 Å². The largest absolute Gasteiger partial charge is 0.494 e. The molecule has 6 heteroatoms. The molecule has 0 spiro atoms. The summed E-state index contributed by atoms with van der Waals surface area (Å²) < 4.78 is 35.5. The Hall–Kier alpha value is -2.05. The molecule has 118 valence electrons. The summed E-state index contributed by atoms with van der Waals surface area (Å²) in [6, 6.07) is 12.4. The van der Waals surface area contributed by atoms with Crippen molar-refractivity contribution >= 4 is 9.84 Å². The van der Waals surface area contributed by atoms with E-state index in [1.54, 1.807) is 24.3 Å². The molecular formula is C16H18O5S. The van der Waals surface area contributed by atoms with Crippen LogP contribution in [0.3, 0.4) is 0 Å². The molecule has 0 bridgehead atoms. The van der Waals surface area contributed by atoms with Gasteiger partial charge in [0.2, 0.25) is 9.84 Å². The molecule has 0 heterocycles. The Morgan fingerprint density at radius 1 is 0.864 bits per heavy atom. The normalized spacial score (nSPS) is 11.2. The van der Waals surface area contributed by atoms with Crippen LogP contribution in [0.25, 0.3) is 0 Å². The highest BCUT2D eigenvalue weighted by molar-refractivity contribution is 7.91. The van der Waals surface area contributed by atoms with Gasteiger partial charge in [0.05, 0.1) is 23.0 Å². The van der Waals surface area contributed by atoms with Crippen LogP contribution in [-0.2, 0) is 9.84 Å². The lowest BCUT2D eigenvalue weighted by molar-refractivity contribution is 0.201. The van der Waals surface area contributed by atoms with E-state index in [0.29, 0.717) is 18.1 Å². The van der Waals surface area contributed by atoms with E-state index in [1.807, 2.05) is 6.92 Å². The van der Waals surface area contributed by atoms with Crippen molar-refractivity contribution in [1.82, 2.24) is 0 Å². The number of hydrogen-bond acceptors (Lipinski definition) is 5. The lowest BCUT2D eigenvalue weighted by atomic mass is 10.3. The van der Waals surface area contributed by atoms with E-state index in [2.05, 4.69) is 0 Å². The second kappa shape index (κ2) is 7.29. The van der Waals surface area contributed by atoms with Crippen molar-refractivity contribution in [1.29, 1.82) is 0 Å². The summed E-state index contributed by atoms with van der Waals surface area (Å²) in [4.78, 5) is 0.396. The molecule has 22 heavy (non-hydrogen) atoms. The van der Waals surface area contributed by atoms with Gasteiger partial charge in [-0.1, -0.05) is 0 Å². The van der Waals surface area contributed by atoms with Gasteiger partial charge in [-0.25, -0.2) is 8.42 Å². The Labute approximate surface area is 130 Å². The number of benzene rings is 2. The van der Waals surface area contributed by atoms with Gasteiger partial charge in [0.25, 0.3) is 0 Å². The minimum atomic E-state index is -3.57. The van der Waals surface area contributed by atoms with Crippen LogP contribution in [-0.4, -0.2) is 33.3 Å². The summed E-state index contributed by atoms with van der Waals surface area (Å²) in [5.74, 6) is 1.15. The van der Waals surface area contributed by atoms with Gasteiger partial charge in [-0.2, -0.15) is 0 Å². The predicted octanol–water partition coefficient (Wildman–Crippen LogP) is 2.29. The van der Waals surface area contributed by atoms with Gasteiger partial charge in [-0.05, 0) is 55.5 Å². The first-order valence-corrected chi connectivity index (χ1v) is 8.38. The first kappa shape index (κ1) is 16.3. The number of aliphatic hydroxyl groups excluding tert-OH is 1. The Morgan fingerprint density at radius 3 is 1.73 bits per heavy atom. The van der Waals surface area contributed by atoms with Crippen LogP contribution < -0.4 is 9.47 Å². The highest BCUT2D eigenvalue weighted by Crippen LogP contribution is 2.24. The standard InChI is InChI=1S/C16H18O5S/c1-2-20-13-3-7-15(8-4-13)22(18,19)16-9-5-14(6-10-16)21-12-11-17/h3-10,17H,2,11-12H2,1H3. The lowest BCUT2D eigenvalue weighted by Crippen LogP contribution is -2.04. The quantitative estimate of drug-likeness (QED) is 0.847. The van der Waals surface area contributed by atoms with E-state index in [-0.39, 0.29) is 23.0 Å². The molecule has 0 amide bonds. The van der Waals surface area contributed by atoms with Gasteiger partial charge in [0.1, 0.15) is 18.1 Å². The zero-order valence-corrected chi connectivity index (χ0v) is 13.0. The molecule has 0 aliphatic rings. The van der Waals surface area contributed by atoms with E-state index in [4.69, 9.17) is 14.6 Å². The molecule has 0 aliphatic heterocycles. The average Bonchev–Trinajstić information content (AvgIpc) is 2.54. The van der Waals surface area contributed by atoms with Gasteiger partial charge in [-0.15, -0.1) is 0 Å². The Balaban J connectivity index is 2.22. The minimum Gasteiger partial charge on any atom is -0.494 e. The number of hydrogen-bond donors (Lipinski definition) is 1. The Bertz CT molecular complexity index is 690. The molecule has 5 nitrogen and oxygen atoms in total. The maximum absolute atomic E-state index is 12.5. The average molecular weight is 322 g/mol. The third-order valence-electron chi connectivity index (χ3n) is 2.94. The summed E-state index contributed by atoms with van der Waals surface area (Å²) >= 11 is 0. The second-order valence-corrected chi connectivity index (χ2v) is 6.40. The number of sulfone groups is 1. The van der Waals surface area contributed by atoms with Crippen molar-refractivity contribution in [2.24, 2.45) is 0 Å². The van der Waals surface area contributed by atoms with Crippen LogP contribution in [0.5, 0.6) is 11.5 Å². The SMILES string of the molecule is CCOc1ccc(S(=O)(=O)c2ccc(OCCO)cc2)cc1. The molecule has 0 fully saturated rings. The van der Waals surface area contributed by atoms with Crippen molar-refractivity contribution in [2.75, 3.05) is 19.8 Å². The third kappa shape index (κ3) is 3.78. The van der Waals surface area contributed by atoms with Crippen molar-refractivity contribution in [3.05, 3.63) is 48.5 Å². The van der Waals surface area contributed by atoms with Gasteiger partial charge in [0, 0.05) is 0 Å². The molecule has 2 rings (SSSR count). The van der Waals surface area contributed by atoms with Crippen LogP contribution in [0.2, 0.25) is 0 Å². The summed E-state index contributed by atoms with van der Waals surface area (Å²) in [7, 11) is -3.57.